The second-order valence-corrected chi connectivity index (χ2v) is 13.1. The third-order valence-corrected chi connectivity index (χ3v) is 7.02. The van der Waals surface area contributed by atoms with E-state index in [-0.39, 0.29) is 42.0 Å². The molecule has 0 aliphatic rings. The molecular weight excluding hydrogens is 564 g/mol. The average Bonchev–Trinajstić information content (AvgIpc) is 2.91. The molecule has 0 fully saturated rings. The van der Waals surface area contributed by atoms with Crippen molar-refractivity contribution in [3.8, 4) is 5.75 Å². The van der Waals surface area contributed by atoms with Crippen LogP contribution in [0.3, 0.4) is 0 Å². The molecule has 44 heavy (non-hydrogen) atoms. The molecule has 0 aromatic heterocycles. The van der Waals surface area contributed by atoms with E-state index in [2.05, 4.69) is 49.0 Å². The van der Waals surface area contributed by atoms with Gasteiger partial charge < -0.3 is 35.8 Å². The minimum atomic E-state index is -0.951. The Bertz CT molecular complexity index is 1270. The van der Waals surface area contributed by atoms with Crippen LogP contribution in [0.25, 0.3) is 0 Å². The lowest BCUT2D eigenvalue weighted by Gasteiger charge is -2.32. The summed E-state index contributed by atoms with van der Waals surface area (Å²) in [6.45, 7) is 15.1. The normalized spacial score (nSPS) is 13.5. The maximum Gasteiger partial charge on any atom is 0.408 e. The van der Waals surface area contributed by atoms with Crippen molar-refractivity contribution < 1.29 is 33.8 Å². The molecule has 0 heterocycles. The average molecular weight is 613 g/mol. The number of hydrogen-bond acceptors (Lipinski definition) is 7. The first-order chi connectivity index (χ1) is 20.4. The highest BCUT2D eigenvalue weighted by atomic mass is 16.6. The van der Waals surface area contributed by atoms with Crippen molar-refractivity contribution in [2.24, 2.45) is 11.3 Å². The van der Waals surface area contributed by atoms with Crippen LogP contribution in [-0.4, -0.2) is 53.3 Å². The number of benzene rings is 2. The zero-order chi connectivity index (χ0) is 33.1. The zero-order valence-electron chi connectivity index (χ0n) is 27.1. The summed E-state index contributed by atoms with van der Waals surface area (Å²) >= 11 is 0. The van der Waals surface area contributed by atoms with Gasteiger partial charge in [0.05, 0.1) is 12.2 Å². The number of amides is 4. The van der Waals surface area contributed by atoms with Crippen molar-refractivity contribution in [3.63, 3.8) is 0 Å². The standard InChI is InChI=1S/C33H48N4O7/c1-21(32(3,4)5)16-25(36-31(42)44-33(6,7)8)17-24-14-15-27(38)26(18-24)37-28(39)19-34-29(40)22(2)35-30(41)43-20-23-12-10-9-11-13-23/h9-15,18,21-22,25,38H,16-17,19-20H2,1-8H3,(H,34,40)(H,35,41)(H,36,42)(H,37,39)/t21?,22?,25-/m1/s1. The minimum Gasteiger partial charge on any atom is -0.506 e. The fourth-order valence-corrected chi connectivity index (χ4v) is 4.06. The Balaban J connectivity index is 1.96. The van der Waals surface area contributed by atoms with E-state index in [1.54, 1.807) is 32.9 Å². The lowest BCUT2D eigenvalue weighted by Crippen LogP contribution is -2.46. The summed E-state index contributed by atoms with van der Waals surface area (Å²) in [7, 11) is 0. The van der Waals surface area contributed by atoms with Crippen molar-refractivity contribution in [3.05, 3.63) is 59.7 Å². The summed E-state index contributed by atoms with van der Waals surface area (Å²) in [4.78, 5) is 49.7. The summed E-state index contributed by atoms with van der Waals surface area (Å²) in [5, 5.41) is 20.9. The number of carbonyl (C=O) groups is 4. The molecule has 3 atom stereocenters. The largest absolute Gasteiger partial charge is 0.506 e. The van der Waals surface area contributed by atoms with E-state index < -0.39 is 35.6 Å². The number of anilines is 1. The van der Waals surface area contributed by atoms with Gasteiger partial charge in [0.25, 0.3) is 0 Å². The lowest BCUT2D eigenvalue weighted by atomic mass is 9.78. The predicted octanol–water partition coefficient (Wildman–Crippen LogP) is 5.27. The van der Waals surface area contributed by atoms with E-state index in [1.807, 2.05) is 30.3 Å². The molecule has 11 heteroatoms. The summed E-state index contributed by atoms with van der Waals surface area (Å²) in [5.41, 5.74) is 1.11. The number of carbonyl (C=O) groups excluding carboxylic acids is 4. The molecule has 2 unspecified atom stereocenters. The Hall–Kier alpha value is -4.28. The van der Waals surface area contributed by atoms with Crippen molar-refractivity contribution in [1.29, 1.82) is 0 Å². The molecule has 0 radical (unpaired) electrons. The van der Waals surface area contributed by atoms with Gasteiger partial charge in [0.1, 0.15) is 24.0 Å². The van der Waals surface area contributed by atoms with Crippen LogP contribution in [0, 0.1) is 11.3 Å². The first-order valence-corrected chi connectivity index (χ1v) is 14.8. The fourth-order valence-electron chi connectivity index (χ4n) is 4.06. The molecule has 0 saturated heterocycles. The lowest BCUT2D eigenvalue weighted by molar-refractivity contribution is -0.125. The van der Waals surface area contributed by atoms with Crippen molar-refractivity contribution in [2.75, 3.05) is 11.9 Å². The van der Waals surface area contributed by atoms with Crippen LogP contribution in [0.4, 0.5) is 15.3 Å². The number of nitrogens with one attached hydrogen (secondary N) is 4. The number of phenols is 1. The second-order valence-electron chi connectivity index (χ2n) is 13.1. The van der Waals surface area contributed by atoms with Crippen LogP contribution < -0.4 is 21.3 Å². The molecule has 0 aliphatic carbocycles. The Kier molecular flexibility index (Phi) is 13.0. The van der Waals surface area contributed by atoms with Gasteiger partial charge in [-0.05, 0) is 75.1 Å². The van der Waals surface area contributed by atoms with Gasteiger partial charge in [-0.25, -0.2) is 9.59 Å². The molecule has 0 bridgehead atoms. The summed E-state index contributed by atoms with van der Waals surface area (Å²) in [6.07, 6.45) is -0.161. The topological polar surface area (TPSA) is 155 Å². The van der Waals surface area contributed by atoms with E-state index in [0.29, 0.717) is 12.8 Å². The van der Waals surface area contributed by atoms with Crippen molar-refractivity contribution in [1.82, 2.24) is 16.0 Å². The molecule has 2 rings (SSSR count). The first kappa shape index (κ1) is 35.9. The van der Waals surface area contributed by atoms with E-state index in [0.717, 1.165) is 11.1 Å². The van der Waals surface area contributed by atoms with E-state index >= 15 is 0 Å². The van der Waals surface area contributed by atoms with Gasteiger partial charge in [0.2, 0.25) is 11.8 Å². The van der Waals surface area contributed by atoms with E-state index in [9.17, 15) is 24.3 Å². The van der Waals surface area contributed by atoms with Gasteiger partial charge in [0, 0.05) is 6.04 Å². The number of hydrogen-bond donors (Lipinski definition) is 5. The van der Waals surface area contributed by atoms with E-state index in [1.165, 1.54) is 13.0 Å². The highest BCUT2D eigenvalue weighted by Crippen LogP contribution is 2.31. The maximum absolute atomic E-state index is 12.6. The third-order valence-electron chi connectivity index (χ3n) is 7.02. The van der Waals surface area contributed by atoms with Crippen LogP contribution in [0.5, 0.6) is 5.75 Å². The molecular formula is C33H48N4O7. The molecule has 0 saturated carbocycles. The summed E-state index contributed by atoms with van der Waals surface area (Å²) in [6, 6.07) is 12.7. The summed E-state index contributed by atoms with van der Waals surface area (Å²) < 4.78 is 10.6. The SMILES string of the molecule is CC(NC(=O)OCc1ccccc1)C(=O)NCC(=O)Nc1cc(C[C@@H](CC(C)C(C)(C)C)NC(=O)OC(C)(C)C)ccc1O. The predicted molar refractivity (Wildman–Crippen MR) is 169 cm³/mol. The van der Waals surface area contributed by atoms with Gasteiger partial charge in [-0.2, -0.15) is 0 Å². The minimum absolute atomic E-state index is 0.0158. The summed E-state index contributed by atoms with van der Waals surface area (Å²) in [5.74, 6) is -1.04. The van der Waals surface area contributed by atoms with Gasteiger partial charge in [-0.1, -0.05) is 64.1 Å². The van der Waals surface area contributed by atoms with Gasteiger partial charge in [-0.15, -0.1) is 0 Å². The zero-order valence-corrected chi connectivity index (χ0v) is 27.1. The number of aromatic hydroxyl groups is 1. The van der Waals surface area contributed by atoms with Crippen molar-refractivity contribution in [2.45, 2.75) is 92.5 Å². The van der Waals surface area contributed by atoms with Crippen molar-refractivity contribution >= 4 is 29.7 Å². The van der Waals surface area contributed by atoms with Crippen LogP contribution in [0.1, 0.15) is 72.9 Å². The molecule has 0 aliphatic heterocycles. The molecule has 11 nitrogen and oxygen atoms in total. The molecule has 242 valence electrons. The van der Waals surface area contributed by atoms with Crippen LogP contribution in [0.15, 0.2) is 48.5 Å². The Morgan fingerprint density at radius 3 is 2.14 bits per heavy atom. The highest BCUT2D eigenvalue weighted by Gasteiger charge is 2.27. The van der Waals surface area contributed by atoms with Gasteiger partial charge in [0.15, 0.2) is 0 Å². The first-order valence-electron chi connectivity index (χ1n) is 14.8. The Labute approximate surface area is 260 Å². The van der Waals surface area contributed by atoms with E-state index in [4.69, 9.17) is 9.47 Å². The number of rotatable bonds is 12. The Morgan fingerprint density at radius 2 is 1.52 bits per heavy atom. The Morgan fingerprint density at radius 1 is 0.864 bits per heavy atom. The number of ether oxygens (including phenoxy) is 2. The highest BCUT2D eigenvalue weighted by molar-refractivity contribution is 5.96. The van der Waals surface area contributed by atoms with Gasteiger partial charge in [-0.3, -0.25) is 9.59 Å². The smallest absolute Gasteiger partial charge is 0.408 e. The molecule has 2 aromatic rings. The second kappa shape index (κ2) is 16.0. The maximum atomic E-state index is 12.6. The fraction of sp³-hybridized carbons (Fsp3) is 0.515. The van der Waals surface area contributed by atoms with Gasteiger partial charge >= 0.3 is 12.2 Å². The molecule has 4 amide bonds. The third kappa shape index (κ3) is 13.4. The van der Waals surface area contributed by atoms with Crippen LogP contribution in [-0.2, 0) is 32.1 Å². The van der Waals surface area contributed by atoms with Crippen LogP contribution >= 0.6 is 0 Å². The quantitative estimate of drug-likeness (QED) is 0.205. The molecule has 0 spiro atoms. The monoisotopic (exact) mass is 612 g/mol. The molecule has 5 N–H and O–H groups in total. The number of alkyl carbamates (subject to hydrolysis) is 2. The van der Waals surface area contributed by atoms with Crippen LogP contribution in [0.2, 0.25) is 0 Å². The number of phenolic OH excluding ortho intramolecular Hbond substituents is 1. The molecule has 2 aromatic carbocycles.